The maximum atomic E-state index is 9.88. The van der Waals surface area contributed by atoms with Crippen molar-refractivity contribution in [1.82, 2.24) is 0 Å². The Morgan fingerprint density at radius 2 is 1.36 bits per heavy atom. The molecule has 0 rings (SSSR count). The second-order valence-electron chi connectivity index (χ2n) is 1.08. The zero-order valence-electron chi connectivity index (χ0n) is 6.99. The molecule has 0 aliphatic heterocycles. The van der Waals surface area contributed by atoms with Gasteiger partial charge in [0.1, 0.15) is 0 Å². The summed E-state index contributed by atoms with van der Waals surface area (Å²) < 4.78 is 27.2. The Labute approximate surface area is 69.3 Å². The van der Waals surface area contributed by atoms with Crippen molar-refractivity contribution in [3.05, 3.63) is 0 Å². The highest BCUT2D eigenvalue weighted by atomic mass is 31.1. The Bertz CT molecular complexity index is 80.6. The summed E-state index contributed by atoms with van der Waals surface area (Å²) in [7, 11) is 4.21. The molecule has 0 N–H and O–H groups in total. The summed E-state index contributed by atoms with van der Waals surface area (Å²) >= 11 is 0. The third-order valence-electron chi connectivity index (χ3n) is 0.465. The van der Waals surface area contributed by atoms with E-state index in [0.29, 0.717) is 0 Å². The Morgan fingerprint density at radius 3 is 1.36 bits per heavy atom. The van der Waals surface area contributed by atoms with Gasteiger partial charge in [-0.25, -0.2) is 0 Å². The lowest BCUT2D eigenvalue weighted by Crippen LogP contribution is -1.66. The van der Waals surface area contributed by atoms with Crippen LogP contribution in [0, 0.1) is 0 Å². The summed E-state index contributed by atoms with van der Waals surface area (Å²) in [4.78, 5) is 0. The molecular formula is C4H13O5P2+. The SMILES string of the molecule is COPOC.CO[P+](=O)OC. The van der Waals surface area contributed by atoms with Crippen LogP contribution in [0.3, 0.4) is 0 Å². The Kier molecular flexibility index (Phi) is 16.5. The van der Waals surface area contributed by atoms with Gasteiger partial charge >= 0.3 is 8.25 Å². The van der Waals surface area contributed by atoms with Crippen LogP contribution < -0.4 is 0 Å². The molecule has 0 saturated heterocycles. The lowest BCUT2D eigenvalue weighted by Gasteiger charge is -1.86. The molecule has 0 aliphatic rings. The van der Waals surface area contributed by atoms with E-state index < -0.39 is 8.25 Å². The first kappa shape index (κ1) is 13.9. The van der Waals surface area contributed by atoms with Gasteiger partial charge < -0.3 is 9.05 Å². The lowest BCUT2D eigenvalue weighted by atomic mass is 11.8. The monoisotopic (exact) mass is 203 g/mol. The van der Waals surface area contributed by atoms with Crippen LogP contribution in [0.15, 0.2) is 0 Å². The largest absolute Gasteiger partial charge is 0.696 e. The Balaban J connectivity index is 0. The number of rotatable bonds is 4. The van der Waals surface area contributed by atoms with Crippen LogP contribution in [-0.4, -0.2) is 28.4 Å². The summed E-state index contributed by atoms with van der Waals surface area (Å²) in [5, 5.41) is 0. The first-order chi connectivity index (χ1) is 5.22. The van der Waals surface area contributed by atoms with Crippen LogP contribution in [0.5, 0.6) is 0 Å². The van der Waals surface area contributed by atoms with Crippen LogP contribution in [0.2, 0.25) is 0 Å². The van der Waals surface area contributed by atoms with Gasteiger partial charge in [-0.3, -0.25) is 0 Å². The standard InChI is InChI=1S/C2H6O3P.C2H7O2P/c1-4-6(3)5-2;1-3-5-4-2/h1-2H3;5H,1-2H3/q+1;. The van der Waals surface area contributed by atoms with Gasteiger partial charge in [0.15, 0.2) is 9.03 Å². The summed E-state index contributed by atoms with van der Waals surface area (Å²) in [6.07, 6.45) is 0. The summed E-state index contributed by atoms with van der Waals surface area (Å²) in [5.41, 5.74) is 0. The molecule has 0 aromatic heterocycles. The topological polar surface area (TPSA) is 54.0 Å². The van der Waals surface area contributed by atoms with E-state index in [2.05, 4.69) is 18.1 Å². The molecule has 0 amide bonds. The maximum Gasteiger partial charge on any atom is 0.696 e. The highest BCUT2D eigenvalue weighted by molar-refractivity contribution is 7.33. The van der Waals surface area contributed by atoms with Gasteiger partial charge in [0, 0.05) is 18.8 Å². The van der Waals surface area contributed by atoms with Gasteiger partial charge in [-0.15, -0.1) is 9.05 Å². The van der Waals surface area contributed by atoms with Gasteiger partial charge in [0.2, 0.25) is 0 Å². The Morgan fingerprint density at radius 1 is 1.00 bits per heavy atom. The van der Waals surface area contributed by atoms with Crippen molar-refractivity contribution in [2.45, 2.75) is 0 Å². The highest BCUT2D eigenvalue weighted by Gasteiger charge is 2.10. The molecule has 0 atom stereocenters. The van der Waals surface area contributed by atoms with E-state index in [1.807, 2.05) is 0 Å². The summed E-state index contributed by atoms with van der Waals surface area (Å²) in [6.45, 7) is 0. The molecule has 11 heavy (non-hydrogen) atoms. The van der Waals surface area contributed by atoms with Gasteiger partial charge in [-0.2, -0.15) is 0 Å². The number of hydrogen-bond donors (Lipinski definition) is 0. The zero-order chi connectivity index (χ0) is 9.11. The maximum absolute atomic E-state index is 9.88. The fourth-order valence-electron chi connectivity index (χ4n) is 0.158. The second kappa shape index (κ2) is 13.0. The molecule has 0 aromatic carbocycles. The van der Waals surface area contributed by atoms with E-state index in [9.17, 15) is 4.57 Å². The van der Waals surface area contributed by atoms with Gasteiger partial charge in [0.25, 0.3) is 0 Å². The van der Waals surface area contributed by atoms with Crippen molar-refractivity contribution in [2.75, 3.05) is 28.4 Å². The number of hydrogen-bond acceptors (Lipinski definition) is 5. The molecule has 0 saturated carbocycles. The van der Waals surface area contributed by atoms with Crippen molar-refractivity contribution >= 4 is 17.3 Å². The van der Waals surface area contributed by atoms with E-state index in [1.165, 1.54) is 14.2 Å². The van der Waals surface area contributed by atoms with E-state index in [4.69, 9.17) is 0 Å². The van der Waals surface area contributed by atoms with Crippen LogP contribution >= 0.6 is 17.3 Å². The molecule has 0 radical (unpaired) electrons. The van der Waals surface area contributed by atoms with Crippen molar-refractivity contribution in [3.8, 4) is 0 Å². The normalized spacial score (nSPS) is 8.36. The molecular weight excluding hydrogens is 190 g/mol. The molecule has 0 aromatic rings. The van der Waals surface area contributed by atoms with Crippen LogP contribution in [0.1, 0.15) is 0 Å². The fraction of sp³-hybridized carbons (Fsp3) is 1.00. The summed E-state index contributed by atoms with van der Waals surface area (Å²) in [6, 6.07) is 0. The van der Waals surface area contributed by atoms with Crippen molar-refractivity contribution < 1.29 is 22.7 Å². The minimum Gasteiger partial charge on any atom is -0.340 e. The lowest BCUT2D eigenvalue weighted by molar-refractivity contribution is 0.302. The van der Waals surface area contributed by atoms with Crippen LogP contribution in [0.4, 0.5) is 0 Å². The molecule has 68 valence electrons. The zero-order valence-corrected chi connectivity index (χ0v) is 8.88. The first-order valence-corrected chi connectivity index (χ1v) is 4.50. The quantitative estimate of drug-likeness (QED) is 0.651. The van der Waals surface area contributed by atoms with Crippen molar-refractivity contribution in [3.63, 3.8) is 0 Å². The average Bonchev–Trinajstić information content (AvgIpc) is 2.06. The molecule has 7 heteroatoms. The molecule has 0 heterocycles. The molecule has 0 spiro atoms. The minimum absolute atomic E-state index is 0.198. The van der Waals surface area contributed by atoms with E-state index in [1.54, 1.807) is 14.2 Å². The first-order valence-electron chi connectivity index (χ1n) is 2.59. The summed E-state index contributed by atoms with van der Waals surface area (Å²) in [5.74, 6) is 0. The molecule has 0 aliphatic carbocycles. The van der Waals surface area contributed by atoms with Gasteiger partial charge in [-0.05, 0) is 0 Å². The molecule has 0 fully saturated rings. The van der Waals surface area contributed by atoms with Crippen LogP contribution in [0.25, 0.3) is 0 Å². The molecule has 0 unspecified atom stereocenters. The molecule has 0 bridgehead atoms. The predicted octanol–water partition coefficient (Wildman–Crippen LogP) is 1.72. The van der Waals surface area contributed by atoms with Crippen LogP contribution in [-0.2, 0) is 22.7 Å². The Hall–Kier alpha value is 0.370. The van der Waals surface area contributed by atoms with E-state index >= 15 is 0 Å². The smallest absolute Gasteiger partial charge is 0.340 e. The third kappa shape index (κ3) is 17.9. The third-order valence-corrected chi connectivity index (χ3v) is 1.39. The van der Waals surface area contributed by atoms with Gasteiger partial charge in [-0.1, -0.05) is 0 Å². The predicted molar refractivity (Wildman–Crippen MR) is 44.0 cm³/mol. The van der Waals surface area contributed by atoms with Crippen molar-refractivity contribution in [1.29, 1.82) is 0 Å². The van der Waals surface area contributed by atoms with Crippen molar-refractivity contribution in [2.24, 2.45) is 0 Å². The highest BCUT2D eigenvalue weighted by Crippen LogP contribution is 2.18. The average molecular weight is 203 g/mol. The van der Waals surface area contributed by atoms with Gasteiger partial charge in [0.05, 0.1) is 14.2 Å². The van der Waals surface area contributed by atoms with E-state index in [0.717, 1.165) is 0 Å². The molecule has 5 nitrogen and oxygen atoms in total. The fourth-order valence-corrected chi connectivity index (χ4v) is 0.474. The van der Waals surface area contributed by atoms with E-state index in [-0.39, 0.29) is 9.03 Å². The minimum atomic E-state index is -1.83. The second-order valence-corrected chi connectivity index (χ2v) is 3.24.